The number of aromatic nitrogens is 2. The molecule has 0 aliphatic rings. The molecular formula is C10H16N2O2. The van der Waals surface area contributed by atoms with Crippen molar-refractivity contribution < 1.29 is 9.53 Å². The van der Waals surface area contributed by atoms with Crippen molar-refractivity contribution in [2.45, 2.75) is 32.9 Å². The molecule has 0 fully saturated rings. The van der Waals surface area contributed by atoms with Gasteiger partial charge in [0.1, 0.15) is 0 Å². The molecule has 1 aromatic heterocycles. The minimum Gasteiger partial charge on any atom is -0.381 e. The lowest BCUT2D eigenvalue weighted by molar-refractivity contribution is 0.0779. The Morgan fingerprint density at radius 3 is 3.00 bits per heavy atom. The van der Waals surface area contributed by atoms with E-state index in [0.717, 1.165) is 6.54 Å². The molecule has 0 aliphatic heterocycles. The monoisotopic (exact) mass is 196 g/mol. The molecule has 1 atom stereocenters. The fourth-order valence-corrected chi connectivity index (χ4v) is 1.25. The maximum atomic E-state index is 11.7. The maximum Gasteiger partial charge on any atom is 0.200 e. The van der Waals surface area contributed by atoms with Gasteiger partial charge in [-0.3, -0.25) is 4.79 Å². The molecule has 1 rings (SSSR count). The number of carbonyl (C=O) groups is 1. The summed E-state index contributed by atoms with van der Waals surface area (Å²) >= 11 is 0. The lowest BCUT2D eigenvalue weighted by Crippen LogP contribution is -2.16. The van der Waals surface area contributed by atoms with E-state index in [9.17, 15) is 4.79 Å². The second kappa shape index (κ2) is 4.91. The number of hydrogen-bond donors (Lipinski definition) is 0. The first kappa shape index (κ1) is 10.9. The lowest BCUT2D eigenvalue weighted by Gasteiger charge is -2.08. The van der Waals surface area contributed by atoms with Gasteiger partial charge in [0.25, 0.3) is 0 Å². The maximum absolute atomic E-state index is 11.7. The van der Waals surface area contributed by atoms with E-state index in [1.54, 1.807) is 13.3 Å². The first-order chi connectivity index (χ1) is 6.69. The van der Waals surface area contributed by atoms with E-state index < -0.39 is 0 Å². The molecule has 1 aromatic rings. The van der Waals surface area contributed by atoms with E-state index >= 15 is 0 Å². The van der Waals surface area contributed by atoms with Crippen molar-refractivity contribution in [1.82, 2.24) is 9.55 Å². The Balaban J connectivity index is 2.69. The number of methoxy groups -OCH3 is 1. The summed E-state index contributed by atoms with van der Waals surface area (Å²) in [6, 6.07) is 0. The number of ether oxygens (including phenoxy) is 1. The number of aryl methyl sites for hydroxylation is 1. The van der Waals surface area contributed by atoms with Gasteiger partial charge in [-0.2, -0.15) is 0 Å². The molecule has 1 unspecified atom stereocenters. The van der Waals surface area contributed by atoms with Crippen LogP contribution in [-0.2, 0) is 11.3 Å². The third-order valence-electron chi connectivity index (χ3n) is 2.18. The van der Waals surface area contributed by atoms with Gasteiger partial charge < -0.3 is 9.30 Å². The number of ketones is 1. The van der Waals surface area contributed by atoms with Gasteiger partial charge >= 0.3 is 0 Å². The van der Waals surface area contributed by atoms with Gasteiger partial charge in [0, 0.05) is 32.5 Å². The van der Waals surface area contributed by atoms with Gasteiger partial charge in [-0.25, -0.2) is 4.98 Å². The van der Waals surface area contributed by atoms with Crippen LogP contribution in [0.1, 0.15) is 30.9 Å². The summed E-state index contributed by atoms with van der Waals surface area (Å²) in [5.41, 5.74) is 0. The van der Waals surface area contributed by atoms with Crippen molar-refractivity contribution in [3.8, 4) is 0 Å². The Kier molecular flexibility index (Phi) is 3.83. The van der Waals surface area contributed by atoms with Crippen LogP contribution in [0.15, 0.2) is 12.4 Å². The molecule has 0 bridgehead atoms. The molecule has 78 valence electrons. The number of imidazole rings is 1. The van der Waals surface area contributed by atoms with Crippen LogP contribution in [0.5, 0.6) is 0 Å². The largest absolute Gasteiger partial charge is 0.381 e. The fourth-order valence-electron chi connectivity index (χ4n) is 1.25. The first-order valence-electron chi connectivity index (χ1n) is 4.76. The fraction of sp³-hybridized carbons (Fsp3) is 0.600. The van der Waals surface area contributed by atoms with Crippen LogP contribution < -0.4 is 0 Å². The van der Waals surface area contributed by atoms with Crippen LogP contribution in [-0.4, -0.2) is 28.5 Å². The van der Waals surface area contributed by atoms with E-state index in [1.807, 2.05) is 24.6 Å². The summed E-state index contributed by atoms with van der Waals surface area (Å²) in [6.07, 6.45) is 3.79. The van der Waals surface area contributed by atoms with Crippen molar-refractivity contribution in [3.05, 3.63) is 18.2 Å². The highest BCUT2D eigenvalue weighted by Crippen LogP contribution is 2.05. The summed E-state index contributed by atoms with van der Waals surface area (Å²) in [7, 11) is 1.60. The van der Waals surface area contributed by atoms with E-state index in [-0.39, 0.29) is 11.9 Å². The number of Topliss-reactive ketones (excluding diaryl/α,β-unsaturated/α-hetero) is 1. The van der Waals surface area contributed by atoms with Crippen LogP contribution >= 0.6 is 0 Å². The Labute approximate surface area is 83.9 Å². The van der Waals surface area contributed by atoms with Crippen molar-refractivity contribution in [3.63, 3.8) is 0 Å². The minimum absolute atomic E-state index is 0.0335. The predicted molar refractivity (Wildman–Crippen MR) is 53.3 cm³/mol. The third kappa shape index (κ3) is 2.42. The average molecular weight is 196 g/mol. The van der Waals surface area contributed by atoms with Gasteiger partial charge in [0.05, 0.1) is 6.10 Å². The summed E-state index contributed by atoms with van der Waals surface area (Å²) in [5, 5.41) is 0. The summed E-state index contributed by atoms with van der Waals surface area (Å²) in [5.74, 6) is 0.558. The molecule has 0 aliphatic carbocycles. The average Bonchev–Trinajstić information content (AvgIpc) is 2.65. The molecule has 0 saturated heterocycles. The first-order valence-corrected chi connectivity index (χ1v) is 4.76. The van der Waals surface area contributed by atoms with Gasteiger partial charge in [-0.15, -0.1) is 0 Å². The Bertz CT molecular complexity index is 307. The standard InChI is InChI=1S/C10H16N2O2/c1-4-12-6-5-11-10(12)9(13)7-8(2)14-3/h5-6,8H,4,7H2,1-3H3. The number of nitrogens with zero attached hydrogens (tertiary/aromatic N) is 2. The molecule has 14 heavy (non-hydrogen) atoms. The molecule has 1 heterocycles. The highest BCUT2D eigenvalue weighted by molar-refractivity contribution is 5.93. The van der Waals surface area contributed by atoms with Crippen LogP contribution in [0.3, 0.4) is 0 Å². The SMILES string of the molecule is CCn1ccnc1C(=O)CC(C)OC. The highest BCUT2D eigenvalue weighted by Gasteiger charge is 2.14. The molecule has 0 saturated carbocycles. The van der Waals surface area contributed by atoms with Crippen LogP contribution in [0.4, 0.5) is 0 Å². The molecule has 4 nitrogen and oxygen atoms in total. The molecule has 0 radical (unpaired) electrons. The van der Waals surface area contributed by atoms with E-state index in [4.69, 9.17) is 4.74 Å². The number of carbonyl (C=O) groups excluding carboxylic acids is 1. The molecule has 4 heteroatoms. The minimum atomic E-state index is -0.0514. The van der Waals surface area contributed by atoms with Crippen molar-refractivity contribution >= 4 is 5.78 Å². The van der Waals surface area contributed by atoms with Crippen molar-refractivity contribution in [2.75, 3.05) is 7.11 Å². The molecule has 0 amide bonds. The second-order valence-corrected chi connectivity index (χ2v) is 3.21. The van der Waals surface area contributed by atoms with E-state index in [2.05, 4.69) is 4.98 Å². The lowest BCUT2D eigenvalue weighted by atomic mass is 10.2. The normalized spacial score (nSPS) is 12.8. The summed E-state index contributed by atoms with van der Waals surface area (Å²) in [6.45, 7) is 4.62. The smallest absolute Gasteiger partial charge is 0.200 e. The Hall–Kier alpha value is -1.16. The van der Waals surface area contributed by atoms with E-state index in [0.29, 0.717) is 12.2 Å². The van der Waals surface area contributed by atoms with Crippen molar-refractivity contribution in [2.24, 2.45) is 0 Å². The van der Waals surface area contributed by atoms with Crippen LogP contribution in [0.25, 0.3) is 0 Å². The topological polar surface area (TPSA) is 44.1 Å². The Morgan fingerprint density at radius 1 is 1.71 bits per heavy atom. The molecular weight excluding hydrogens is 180 g/mol. The van der Waals surface area contributed by atoms with Crippen molar-refractivity contribution in [1.29, 1.82) is 0 Å². The summed E-state index contributed by atoms with van der Waals surface area (Å²) < 4.78 is 6.87. The zero-order chi connectivity index (χ0) is 10.6. The highest BCUT2D eigenvalue weighted by atomic mass is 16.5. The van der Waals surface area contributed by atoms with E-state index in [1.165, 1.54) is 0 Å². The third-order valence-corrected chi connectivity index (χ3v) is 2.18. The van der Waals surface area contributed by atoms with Crippen LogP contribution in [0.2, 0.25) is 0 Å². The molecule has 0 N–H and O–H groups in total. The zero-order valence-electron chi connectivity index (χ0n) is 8.86. The summed E-state index contributed by atoms with van der Waals surface area (Å²) in [4.78, 5) is 15.7. The predicted octanol–water partition coefficient (Wildman–Crippen LogP) is 1.51. The molecule has 0 aromatic carbocycles. The van der Waals surface area contributed by atoms with Gasteiger partial charge in [0.2, 0.25) is 5.78 Å². The van der Waals surface area contributed by atoms with Gasteiger partial charge in [-0.1, -0.05) is 0 Å². The zero-order valence-corrected chi connectivity index (χ0v) is 8.86. The van der Waals surface area contributed by atoms with Gasteiger partial charge in [-0.05, 0) is 13.8 Å². The number of rotatable bonds is 5. The Morgan fingerprint density at radius 2 is 2.43 bits per heavy atom. The van der Waals surface area contributed by atoms with Crippen LogP contribution in [0, 0.1) is 0 Å². The van der Waals surface area contributed by atoms with Gasteiger partial charge in [0.15, 0.2) is 5.82 Å². The second-order valence-electron chi connectivity index (χ2n) is 3.21. The number of hydrogen-bond acceptors (Lipinski definition) is 3. The molecule has 0 spiro atoms. The quantitative estimate of drug-likeness (QED) is 0.670.